The van der Waals surface area contributed by atoms with Gasteiger partial charge in [-0.3, -0.25) is 0 Å². The van der Waals surface area contributed by atoms with E-state index in [-0.39, 0.29) is 23.9 Å². The van der Waals surface area contributed by atoms with E-state index < -0.39 is 17.5 Å². The largest absolute Gasteiger partial charge is 0.392 e. The van der Waals surface area contributed by atoms with E-state index in [1.807, 2.05) is 0 Å². The van der Waals surface area contributed by atoms with Gasteiger partial charge in [-0.25, -0.2) is 0 Å². The standard InChI is InChI=1S/C27H38O4/c1-6-18-9-11-21-20-10-8-19-16-27(30,31-15-7-13-24(2,3)29)17-23(28)26(19,5)22(20)12-14-25(18,21)4/h8-10,21-23,28-30H,6,11-12,14-17H2,1-5H3/t21-,22-,23-,25+,26-,27-/m0/s1. The lowest BCUT2D eigenvalue weighted by molar-refractivity contribution is -0.236. The van der Waals surface area contributed by atoms with Crippen LogP contribution in [-0.4, -0.2) is 39.4 Å². The topological polar surface area (TPSA) is 69.9 Å². The van der Waals surface area contributed by atoms with Crippen LogP contribution >= 0.6 is 0 Å². The molecule has 31 heavy (non-hydrogen) atoms. The van der Waals surface area contributed by atoms with Crippen molar-refractivity contribution in [2.24, 2.45) is 22.7 Å². The van der Waals surface area contributed by atoms with Gasteiger partial charge in [-0.1, -0.05) is 67.6 Å². The van der Waals surface area contributed by atoms with Crippen molar-refractivity contribution in [1.82, 2.24) is 0 Å². The molecule has 2 saturated carbocycles. The lowest BCUT2D eigenvalue weighted by atomic mass is 9.49. The van der Waals surface area contributed by atoms with Crippen LogP contribution in [0.2, 0.25) is 0 Å². The highest BCUT2D eigenvalue weighted by atomic mass is 16.6. The maximum absolute atomic E-state index is 11.3. The number of fused-ring (bicyclic) bond motifs is 5. The zero-order valence-corrected chi connectivity index (χ0v) is 19.7. The number of rotatable bonds is 3. The molecule has 0 saturated heterocycles. The van der Waals surface area contributed by atoms with Gasteiger partial charge in [0.1, 0.15) is 12.2 Å². The van der Waals surface area contributed by atoms with Gasteiger partial charge in [0, 0.05) is 18.3 Å². The Balaban J connectivity index is 1.58. The van der Waals surface area contributed by atoms with E-state index in [1.54, 1.807) is 19.4 Å². The molecule has 4 heteroatoms. The fraction of sp³-hybridized carbons (Fsp3) is 0.704. The van der Waals surface area contributed by atoms with Crippen LogP contribution in [0, 0.1) is 34.5 Å². The highest BCUT2D eigenvalue weighted by molar-refractivity contribution is 5.43. The Kier molecular flexibility index (Phi) is 5.59. The van der Waals surface area contributed by atoms with Gasteiger partial charge < -0.3 is 20.1 Å². The summed E-state index contributed by atoms with van der Waals surface area (Å²) in [5.74, 6) is 4.88. The van der Waals surface area contributed by atoms with E-state index in [4.69, 9.17) is 4.74 Å². The van der Waals surface area contributed by atoms with Crippen LogP contribution < -0.4 is 0 Å². The van der Waals surface area contributed by atoms with E-state index in [9.17, 15) is 15.3 Å². The molecule has 0 radical (unpaired) electrons. The van der Waals surface area contributed by atoms with Crippen LogP contribution in [0.1, 0.15) is 73.1 Å². The second-order valence-electron chi connectivity index (χ2n) is 11.0. The van der Waals surface area contributed by atoms with Gasteiger partial charge in [-0.05, 0) is 56.8 Å². The molecular formula is C27H38O4. The minimum absolute atomic E-state index is 0.0214. The first-order chi connectivity index (χ1) is 14.4. The highest BCUT2D eigenvalue weighted by Crippen LogP contribution is 2.64. The summed E-state index contributed by atoms with van der Waals surface area (Å²) in [6.07, 6.45) is 11.2. The van der Waals surface area contributed by atoms with Gasteiger partial charge in [-0.15, -0.1) is 0 Å². The molecule has 4 aliphatic carbocycles. The molecule has 0 unspecified atom stereocenters. The number of hydrogen-bond acceptors (Lipinski definition) is 4. The molecular weight excluding hydrogens is 388 g/mol. The average Bonchev–Trinajstić information content (AvgIpc) is 3.02. The Hall–Kier alpha value is -1.38. The van der Waals surface area contributed by atoms with Gasteiger partial charge in [-0.2, -0.15) is 0 Å². The van der Waals surface area contributed by atoms with Crippen LogP contribution in [0.5, 0.6) is 0 Å². The predicted molar refractivity (Wildman–Crippen MR) is 122 cm³/mol. The Morgan fingerprint density at radius 2 is 1.97 bits per heavy atom. The van der Waals surface area contributed by atoms with E-state index in [1.165, 1.54) is 5.57 Å². The first kappa shape index (κ1) is 22.8. The van der Waals surface area contributed by atoms with Crippen molar-refractivity contribution in [3.63, 3.8) is 0 Å². The molecule has 0 heterocycles. The SMILES string of the molecule is CCC1=CC[C@H]2C3=CC=C4C[C@](O)(OCC#CC(C)(C)O)C[C@H](O)[C@]4(C)[C@H]3CC[C@]12C. The summed E-state index contributed by atoms with van der Waals surface area (Å²) in [4.78, 5) is 0. The summed E-state index contributed by atoms with van der Waals surface area (Å²) in [7, 11) is 0. The molecule has 0 aliphatic heterocycles. The first-order valence-electron chi connectivity index (χ1n) is 11.8. The molecule has 0 aromatic heterocycles. The van der Waals surface area contributed by atoms with Gasteiger partial charge >= 0.3 is 0 Å². The van der Waals surface area contributed by atoms with E-state index >= 15 is 0 Å². The molecule has 170 valence electrons. The summed E-state index contributed by atoms with van der Waals surface area (Å²) in [5, 5.41) is 32.1. The highest BCUT2D eigenvalue weighted by Gasteiger charge is 2.58. The van der Waals surface area contributed by atoms with Gasteiger partial charge in [0.2, 0.25) is 0 Å². The van der Waals surface area contributed by atoms with Crippen molar-refractivity contribution in [2.45, 2.75) is 90.6 Å². The molecule has 3 N–H and O–H groups in total. The number of aliphatic hydroxyl groups excluding tert-OH is 1. The smallest absolute Gasteiger partial charge is 0.172 e. The van der Waals surface area contributed by atoms with Crippen molar-refractivity contribution >= 4 is 0 Å². The number of ether oxygens (including phenoxy) is 1. The average molecular weight is 427 g/mol. The maximum Gasteiger partial charge on any atom is 0.172 e. The van der Waals surface area contributed by atoms with E-state index in [2.05, 4.69) is 50.8 Å². The molecule has 0 aromatic carbocycles. The molecule has 6 atom stereocenters. The van der Waals surface area contributed by atoms with Gasteiger partial charge in [0.25, 0.3) is 0 Å². The van der Waals surface area contributed by atoms with Crippen molar-refractivity contribution in [2.75, 3.05) is 6.61 Å². The number of allylic oxidation sites excluding steroid dienone is 5. The normalized spacial score (nSPS) is 41.7. The Morgan fingerprint density at radius 1 is 1.23 bits per heavy atom. The van der Waals surface area contributed by atoms with Crippen LogP contribution in [-0.2, 0) is 4.74 Å². The quantitative estimate of drug-likeness (QED) is 0.358. The number of aliphatic hydroxyl groups is 3. The predicted octanol–water partition coefficient (Wildman–Crippen LogP) is 4.27. The molecule has 4 aliphatic rings. The second-order valence-corrected chi connectivity index (χ2v) is 11.0. The monoisotopic (exact) mass is 426 g/mol. The maximum atomic E-state index is 11.3. The van der Waals surface area contributed by atoms with Crippen LogP contribution in [0.25, 0.3) is 0 Å². The molecule has 4 nitrogen and oxygen atoms in total. The van der Waals surface area contributed by atoms with Gasteiger partial charge in [0.05, 0.1) is 6.10 Å². The molecule has 0 aromatic rings. The Morgan fingerprint density at radius 3 is 2.65 bits per heavy atom. The fourth-order valence-corrected chi connectivity index (χ4v) is 6.81. The van der Waals surface area contributed by atoms with Gasteiger partial charge in [0.15, 0.2) is 5.79 Å². The lowest BCUT2D eigenvalue weighted by Crippen LogP contribution is -2.56. The van der Waals surface area contributed by atoms with Crippen molar-refractivity contribution in [3.05, 3.63) is 34.9 Å². The minimum Gasteiger partial charge on any atom is -0.392 e. The lowest BCUT2D eigenvalue weighted by Gasteiger charge is -2.57. The Bertz CT molecular complexity index is 894. The summed E-state index contributed by atoms with van der Waals surface area (Å²) < 4.78 is 5.72. The van der Waals surface area contributed by atoms with E-state index in [0.29, 0.717) is 18.3 Å². The molecule has 2 fully saturated rings. The third kappa shape index (κ3) is 3.74. The number of hydrogen-bond donors (Lipinski definition) is 3. The molecule has 0 amide bonds. The van der Waals surface area contributed by atoms with Crippen LogP contribution in [0.3, 0.4) is 0 Å². The molecule has 0 spiro atoms. The second kappa shape index (κ2) is 7.59. The van der Waals surface area contributed by atoms with Crippen molar-refractivity contribution in [3.8, 4) is 11.8 Å². The van der Waals surface area contributed by atoms with E-state index in [0.717, 1.165) is 31.3 Å². The summed E-state index contributed by atoms with van der Waals surface area (Å²) in [6.45, 7) is 10.1. The summed E-state index contributed by atoms with van der Waals surface area (Å²) in [6, 6.07) is 0. The minimum atomic E-state index is -1.43. The zero-order chi connectivity index (χ0) is 22.7. The van der Waals surface area contributed by atoms with Crippen molar-refractivity contribution in [1.29, 1.82) is 0 Å². The summed E-state index contributed by atoms with van der Waals surface area (Å²) >= 11 is 0. The molecule has 0 bridgehead atoms. The fourth-order valence-electron chi connectivity index (χ4n) is 6.81. The van der Waals surface area contributed by atoms with Crippen molar-refractivity contribution < 1.29 is 20.1 Å². The Labute approximate surface area is 187 Å². The summed E-state index contributed by atoms with van der Waals surface area (Å²) in [5.41, 5.74) is 2.95. The third-order valence-corrected chi connectivity index (χ3v) is 8.61. The zero-order valence-electron chi connectivity index (χ0n) is 19.7. The third-order valence-electron chi connectivity index (χ3n) is 8.61. The molecule has 4 rings (SSSR count). The first-order valence-corrected chi connectivity index (χ1v) is 11.8. The van der Waals surface area contributed by atoms with Crippen LogP contribution in [0.15, 0.2) is 34.9 Å². The van der Waals surface area contributed by atoms with Crippen LogP contribution in [0.4, 0.5) is 0 Å².